The summed E-state index contributed by atoms with van der Waals surface area (Å²) in [4.78, 5) is 10.7. The van der Waals surface area contributed by atoms with Crippen LogP contribution in [0.3, 0.4) is 0 Å². The summed E-state index contributed by atoms with van der Waals surface area (Å²) < 4.78 is 22.7. The summed E-state index contributed by atoms with van der Waals surface area (Å²) in [6.45, 7) is 0. The van der Waals surface area contributed by atoms with Gasteiger partial charge < -0.3 is 5.11 Å². The first kappa shape index (κ1) is 14.0. The molecule has 0 spiro atoms. The number of aromatic carboxylic acids is 1. The zero-order chi connectivity index (χ0) is 12.5. The Bertz CT molecular complexity index is 541. The van der Waals surface area contributed by atoms with E-state index in [1.165, 1.54) is 12.1 Å². The Morgan fingerprint density at radius 2 is 2.00 bits per heavy atom. The van der Waals surface area contributed by atoms with Gasteiger partial charge in [-0.3, -0.25) is 0 Å². The van der Waals surface area contributed by atoms with Gasteiger partial charge in [0.15, 0.2) is 0 Å². The molecule has 16 heavy (non-hydrogen) atoms. The van der Waals surface area contributed by atoms with Crippen LogP contribution >= 0.6 is 42.5 Å². The molecule has 0 saturated heterocycles. The van der Waals surface area contributed by atoms with E-state index in [2.05, 4.69) is 31.9 Å². The number of benzene rings is 1. The number of carboxylic acid groups (broad SMARTS) is 1. The molecule has 88 valence electrons. The van der Waals surface area contributed by atoms with E-state index in [0.717, 1.165) is 0 Å². The van der Waals surface area contributed by atoms with Crippen molar-refractivity contribution in [3.05, 3.63) is 27.7 Å². The molecule has 0 bridgehead atoms. The first-order chi connectivity index (χ1) is 7.29. The maximum atomic E-state index is 11.2. The summed E-state index contributed by atoms with van der Waals surface area (Å²) in [5.41, 5.74) is 0.272. The fraction of sp³-hybridized carbons (Fsp3) is 0.125. The van der Waals surface area contributed by atoms with Gasteiger partial charge in [-0.1, -0.05) is 15.9 Å². The van der Waals surface area contributed by atoms with E-state index in [4.69, 9.17) is 15.8 Å². The van der Waals surface area contributed by atoms with Crippen molar-refractivity contribution < 1.29 is 18.3 Å². The van der Waals surface area contributed by atoms with Gasteiger partial charge in [0.25, 0.3) is 9.05 Å². The van der Waals surface area contributed by atoms with Crippen LogP contribution in [-0.2, 0) is 14.4 Å². The van der Waals surface area contributed by atoms with Crippen molar-refractivity contribution in [2.75, 3.05) is 0 Å². The maximum Gasteiger partial charge on any atom is 0.336 e. The standard InChI is InChI=1S/C8H5Br2ClO4S/c9-3-5-6(16(11,14)15)2-1-4(7(5)10)8(12)13/h1-2H,3H2,(H,12,13). The van der Waals surface area contributed by atoms with Gasteiger partial charge in [-0.25, -0.2) is 13.2 Å². The molecule has 4 nitrogen and oxygen atoms in total. The summed E-state index contributed by atoms with van der Waals surface area (Å²) in [5, 5.41) is 9.03. The number of carboxylic acids is 1. The second-order valence-corrected chi connectivity index (χ2v) is 6.67. The maximum absolute atomic E-state index is 11.2. The number of rotatable bonds is 3. The second kappa shape index (κ2) is 5.03. The Morgan fingerprint density at radius 3 is 2.38 bits per heavy atom. The average molecular weight is 392 g/mol. The first-order valence-corrected chi connectivity index (χ1v) is 8.06. The zero-order valence-electron chi connectivity index (χ0n) is 7.58. The predicted octanol–water partition coefficient (Wildman–Crippen LogP) is 2.97. The average Bonchev–Trinajstić information content (AvgIpc) is 2.15. The Morgan fingerprint density at radius 1 is 1.44 bits per heavy atom. The number of alkyl halides is 1. The van der Waals surface area contributed by atoms with Crippen LogP contribution in [0.1, 0.15) is 15.9 Å². The van der Waals surface area contributed by atoms with E-state index in [1.54, 1.807) is 0 Å². The van der Waals surface area contributed by atoms with Crippen LogP contribution in [0.25, 0.3) is 0 Å². The molecule has 0 radical (unpaired) electrons. The molecular weight excluding hydrogens is 387 g/mol. The third kappa shape index (κ3) is 2.77. The Kier molecular flexibility index (Phi) is 4.39. The van der Waals surface area contributed by atoms with E-state index in [9.17, 15) is 13.2 Å². The highest BCUT2D eigenvalue weighted by Crippen LogP contribution is 2.31. The summed E-state index contributed by atoms with van der Waals surface area (Å²) in [5.74, 6) is -1.15. The van der Waals surface area contributed by atoms with Crippen LogP contribution < -0.4 is 0 Å². The minimum Gasteiger partial charge on any atom is -0.478 e. The van der Waals surface area contributed by atoms with Gasteiger partial charge in [0, 0.05) is 20.5 Å². The molecule has 0 amide bonds. The topological polar surface area (TPSA) is 71.4 Å². The van der Waals surface area contributed by atoms with Crippen molar-refractivity contribution in [1.29, 1.82) is 0 Å². The SMILES string of the molecule is O=C(O)c1ccc(S(=O)(=O)Cl)c(CBr)c1Br. The van der Waals surface area contributed by atoms with Gasteiger partial charge in [0.1, 0.15) is 0 Å². The lowest BCUT2D eigenvalue weighted by atomic mass is 10.1. The molecule has 1 rings (SSSR count). The highest BCUT2D eigenvalue weighted by Gasteiger charge is 2.21. The Balaban J connectivity index is 3.60. The van der Waals surface area contributed by atoms with Gasteiger partial charge in [-0.2, -0.15) is 0 Å². The fourth-order valence-electron chi connectivity index (χ4n) is 1.12. The molecule has 0 aliphatic rings. The monoisotopic (exact) mass is 390 g/mol. The van der Waals surface area contributed by atoms with Crippen LogP contribution in [0.2, 0.25) is 0 Å². The fourth-order valence-corrected chi connectivity index (χ4v) is 4.19. The lowest BCUT2D eigenvalue weighted by Gasteiger charge is -2.08. The van der Waals surface area contributed by atoms with Crippen molar-refractivity contribution in [2.24, 2.45) is 0 Å². The molecule has 0 aliphatic carbocycles. The highest BCUT2D eigenvalue weighted by molar-refractivity contribution is 9.10. The molecule has 1 aromatic rings. The molecular formula is C8H5Br2ClO4S. The molecule has 0 unspecified atom stereocenters. The van der Waals surface area contributed by atoms with Gasteiger partial charge in [-0.15, -0.1) is 0 Å². The minimum atomic E-state index is -3.89. The predicted molar refractivity (Wildman–Crippen MR) is 66.8 cm³/mol. The normalized spacial score (nSPS) is 11.4. The molecule has 0 fully saturated rings. The third-order valence-electron chi connectivity index (χ3n) is 1.83. The molecule has 1 N–H and O–H groups in total. The molecule has 8 heteroatoms. The van der Waals surface area contributed by atoms with Gasteiger partial charge in [0.05, 0.1) is 10.5 Å². The summed E-state index contributed by atoms with van der Waals surface area (Å²) in [6, 6.07) is 2.36. The lowest BCUT2D eigenvalue weighted by molar-refractivity contribution is 0.0695. The molecule has 1 aromatic carbocycles. The molecule has 0 saturated carbocycles. The van der Waals surface area contributed by atoms with Crippen LogP contribution in [0.15, 0.2) is 21.5 Å². The van der Waals surface area contributed by atoms with Gasteiger partial charge >= 0.3 is 5.97 Å². The molecule has 0 aromatic heterocycles. The van der Waals surface area contributed by atoms with Gasteiger partial charge in [0.2, 0.25) is 0 Å². The largest absolute Gasteiger partial charge is 0.478 e. The van der Waals surface area contributed by atoms with Gasteiger partial charge in [-0.05, 0) is 33.6 Å². The highest BCUT2D eigenvalue weighted by atomic mass is 79.9. The van der Waals surface area contributed by atoms with Crippen LogP contribution in [0, 0.1) is 0 Å². The minimum absolute atomic E-state index is 0.0153. The Labute approximate surface area is 113 Å². The number of halogens is 3. The van der Waals surface area contributed by atoms with Crippen molar-refractivity contribution in [1.82, 2.24) is 0 Å². The van der Waals surface area contributed by atoms with Crippen molar-refractivity contribution in [3.63, 3.8) is 0 Å². The van der Waals surface area contributed by atoms with Crippen LogP contribution in [0.4, 0.5) is 0 Å². The zero-order valence-corrected chi connectivity index (χ0v) is 12.3. The van der Waals surface area contributed by atoms with Crippen molar-refractivity contribution in [2.45, 2.75) is 10.2 Å². The van der Waals surface area contributed by atoms with E-state index >= 15 is 0 Å². The number of hydrogen-bond acceptors (Lipinski definition) is 3. The second-order valence-electron chi connectivity index (χ2n) is 2.78. The lowest BCUT2D eigenvalue weighted by Crippen LogP contribution is -2.04. The summed E-state index contributed by atoms with van der Waals surface area (Å²) in [6.07, 6.45) is 0. The molecule has 0 atom stereocenters. The van der Waals surface area contributed by atoms with E-state index in [0.29, 0.717) is 0 Å². The van der Waals surface area contributed by atoms with E-state index < -0.39 is 15.0 Å². The van der Waals surface area contributed by atoms with Crippen LogP contribution in [-0.4, -0.2) is 19.5 Å². The van der Waals surface area contributed by atoms with Crippen molar-refractivity contribution >= 4 is 57.6 Å². The smallest absolute Gasteiger partial charge is 0.336 e. The number of carbonyl (C=O) groups is 1. The third-order valence-corrected chi connectivity index (χ3v) is 4.70. The number of hydrogen-bond donors (Lipinski definition) is 1. The molecule has 0 aliphatic heterocycles. The summed E-state index contributed by atoms with van der Waals surface area (Å²) >= 11 is 6.14. The van der Waals surface area contributed by atoms with E-state index in [1.807, 2.05) is 0 Å². The quantitative estimate of drug-likeness (QED) is 0.634. The molecule has 0 heterocycles. The van der Waals surface area contributed by atoms with Crippen LogP contribution in [0.5, 0.6) is 0 Å². The summed E-state index contributed by atoms with van der Waals surface area (Å²) in [7, 11) is 1.34. The van der Waals surface area contributed by atoms with E-state index in [-0.39, 0.29) is 25.8 Å². The Hall–Kier alpha value is -0.110. The van der Waals surface area contributed by atoms with Crippen molar-refractivity contribution in [3.8, 4) is 0 Å². The first-order valence-electron chi connectivity index (χ1n) is 3.84.